The van der Waals surface area contributed by atoms with Gasteiger partial charge in [-0.15, -0.1) is 0 Å². The van der Waals surface area contributed by atoms with Crippen LogP contribution in [0.25, 0.3) is 0 Å². The number of hydrogen-bond acceptors (Lipinski definition) is 14. The first-order valence-corrected chi connectivity index (χ1v) is 16.8. The van der Waals surface area contributed by atoms with Gasteiger partial charge in [-0.2, -0.15) is 0 Å². The predicted octanol–water partition coefficient (Wildman–Crippen LogP) is -3.75. The van der Waals surface area contributed by atoms with E-state index >= 15 is 0 Å². The normalized spacial score (nSPS) is 15.0. The van der Waals surface area contributed by atoms with Gasteiger partial charge in [0, 0.05) is 20.0 Å². The Kier molecular flexibility index (Phi) is 22.1. The van der Waals surface area contributed by atoms with Crippen LogP contribution >= 0.6 is 0 Å². The number of nitrogens with one attached hydrogen (secondary N) is 5. The van der Waals surface area contributed by atoms with Gasteiger partial charge in [-0.05, 0) is 58.8 Å². The summed E-state index contributed by atoms with van der Waals surface area (Å²) >= 11 is -1.78. The molecule has 0 spiro atoms. The molecule has 0 saturated carbocycles. The number of carbonyl (C=O) groups is 5. The molecule has 0 aliphatic carbocycles. The molecule has 0 radical (unpaired) electrons. The van der Waals surface area contributed by atoms with Crippen LogP contribution in [0.1, 0.15) is 47.0 Å². The first kappa shape index (κ1) is 45.2. The van der Waals surface area contributed by atoms with Crippen LogP contribution in [0.5, 0.6) is 0 Å². The van der Waals surface area contributed by atoms with Crippen molar-refractivity contribution in [2.24, 2.45) is 11.5 Å². The van der Waals surface area contributed by atoms with Gasteiger partial charge in [0.15, 0.2) is 6.10 Å². The molecule has 5 atom stereocenters. The molecule has 19 nitrogen and oxygen atoms in total. The minimum atomic E-state index is -1.78. The molecule has 0 aliphatic heterocycles. The van der Waals surface area contributed by atoms with Crippen molar-refractivity contribution in [2.45, 2.75) is 82.8 Å². The number of alkyl carbamates (subject to hydrolysis) is 1. The number of amides is 5. The van der Waals surface area contributed by atoms with Crippen molar-refractivity contribution in [1.29, 1.82) is 0 Å². The third kappa shape index (κ3) is 21.9. The molecule has 5 amide bonds. The summed E-state index contributed by atoms with van der Waals surface area (Å²) in [6.07, 6.45) is -2.12. The fraction of sp³-hybridized carbons (Fsp3) is 0.821. The standard InChI is InChI=1S/C28H55N7O12S/c1-27(2,8-7-22(38)34-13-21(30)37)45-11-9-28(3,4)46-12-10-33-24(40)20(14-36)35-23(39)19(29)17-48(43)16-18(47-26(42)32-6)15-44-25(41)31-5/h18-20,25,31,36,41H,7-17,29H2,1-6H3,(H2,30,37)(H,32,42)(H,33,40)(H,34,38)(H,35,39)/t18-,19+,20+,25?,48?/m1/s1. The van der Waals surface area contributed by atoms with E-state index < -0.39 is 77.4 Å². The maximum atomic E-state index is 12.6. The minimum absolute atomic E-state index is 0.0640. The quantitative estimate of drug-likeness (QED) is 0.0237. The van der Waals surface area contributed by atoms with Gasteiger partial charge in [-0.1, -0.05) is 0 Å². The largest absolute Gasteiger partial charge is 0.616 e. The van der Waals surface area contributed by atoms with Crippen molar-refractivity contribution >= 4 is 40.9 Å². The first-order valence-electron chi connectivity index (χ1n) is 15.3. The number of aliphatic hydroxyl groups excluding tert-OH is 2. The molecule has 0 rings (SSSR count). The lowest BCUT2D eigenvalue weighted by atomic mass is 10.0. The fourth-order valence-electron chi connectivity index (χ4n) is 3.66. The summed E-state index contributed by atoms with van der Waals surface area (Å²) in [5.74, 6) is -3.07. The summed E-state index contributed by atoms with van der Waals surface area (Å²) in [6.45, 7) is 6.63. The van der Waals surface area contributed by atoms with E-state index in [2.05, 4.69) is 26.6 Å². The number of ether oxygens (including phenoxy) is 4. The highest BCUT2D eigenvalue weighted by Crippen LogP contribution is 2.20. The highest BCUT2D eigenvalue weighted by atomic mass is 32.2. The van der Waals surface area contributed by atoms with Crippen LogP contribution in [0.15, 0.2) is 0 Å². The van der Waals surface area contributed by atoms with Crippen molar-refractivity contribution in [2.75, 3.05) is 65.1 Å². The van der Waals surface area contributed by atoms with E-state index in [0.717, 1.165) is 0 Å². The zero-order chi connectivity index (χ0) is 36.9. The molecule has 0 bridgehead atoms. The Hall–Kier alpha value is -2.82. The molecule has 48 heavy (non-hydrogen) atoms. The van der Waals surface area contributed by atoms with E-state index in [1.807, 2.05) is 27.7 Å². The Morgan fingerprint density at radius 3 is 2.15 bits per heavy atom. The molecule has 0 aliphatic rings. The molecular weight excluding hydrogens is 658 g/mol. The van der Waals surface area contributed by atoms with E-state index in [4.69, 9.17) is 30.4 Å². The van der Waals surface area contributed by atoms with Crippen LogP contribution in [0, 0.1) is 0 Å². The van der Waals surface area contributed by atoms with Crippen molar-refractivity contribution in [3.63, 3.8) is 0 Å². The third-order valence-electron chi connectivity index (χ3n) is 6.56. The maximum absolute atomic E-state index is 12.6. The second kappa shape index (κ2) is 23.5. The second-order valence-corrected chi connectivity index (χ2v) is 13.4. The number of rotatable bonds is 26. The summed E-state index contributed by atoms with van der Waals surface area (Å²) in [5, 5.41) is 31.1. The summed E-state index contributed by atoms with van der Waals surface area (Å²) in [6, 6.07) is -2.66. The molecule has 0 saturated heterocycles. The van der Waals surface area contributed by atoms with Crippen LogP contribution in [0.3, 0.4) is 0 Å². The number of carbonyl (C=O) groups excluding carboxylic acids is 5. The molecule has 2 unspecified atom stereocenters. The fourth-order valence-corrected chi connectivity index (χ4v) is 4.93. The Morgan fingerprint density at radius 2 is 1.56 bits per heavy atom. The van der Waals surface area contributed by atoms with E-state index in [9.17, 15) is 38.7 Å². The molecule has 0 aromatic heterocycles. The maximum Gasteiger partial charge on any atom is 0.407 e. The van der Waals surface area contributed by atoms with E-state index in [1.54, 1.807) is 0 Å². The number of nitrogens with two attached hydrogens (primary N) is 2. The molecule has 0 heterocycles. The molecule has 280 valence electrons. The van der Waals surface area contributed by atoms with Gasteiger partial charge in [0.2, 0.25) is 30.0 Å². The van der Waals surface area contributed by atoms with E-state index in [1.165, 1.54) is 14.1 Å². The number of hydrogen-bond donors (Lipinski definition) is 9. The van der Waals surface area contributed by atoms with Gasteiger partial charge in [0.25, 0.3) is 0 Å². The Morgan fingerprint density at radius 1 is 0.938 bits per heavy atom. The SMILES string of the molecule is CNC(=O)O[C@H](COC(O)NC)C[S+]([O-])C[C@H](N)C(=O)N[C@@H](CO)C(=O)NCCOC(C)(C)CCOC(C)(C)CCC(=O)NCC(N)=O. The van der Waals surface area contributed by atoms with Gasteiger partial charge in [0.05, 0.1) is 44.2 Å². The van der Waals surface area contributed by atoms with Crippen LogP contribution in [0.2, 0.25) is 0 Å². The highest BCUT2D eigenvalue weighted by molar-refractivity contribution is 7.91. The summed E-state index contributed by atoms with van der Waals surface area (Å²) in [4.78, 5) is 59.3. The highest BCUT2D eigenvalue weighted by Gasteiger charge is 2.29. The Labute approximate surface area is 284 Å². The molecular formula is C28H55N7O12S. The summed E-state index contributed by atoms with van der Waals surface area (Å²) in [5.41, 5.74) is 9.66. The minimum Gasteiger partial charge on any atom is -0.616 e. The van der Waals surface area contributed by atoms with Crippen LogP contribution in [-0.4, -0.2) is 145 Å². The lowest BCUT2D eigenvalue weighted by molar-refractivity contribution is -0.133. The average Bonchev–Trinajstić information content (AvgIpc) is 3.01. The average molecular weight is 714 g/mol. The number of aliphatic hydroxyl groups is 2. The number of primary amides is 1. The van der Waals surface area contributed by atoms with Crippen molar-refractivity contribution in [3.05, 3.63) is 0 Å². The molecule has 20 heteroatoms. The van der Waals surface area contributed by atoms with Crippen LogP contribution in [-0.2, 0) is 49.3 Å². The van der Waals surface area contributed by atoms with Crippen molar-refractivity contribution in [3.8, 4) is 0 Å². The molecule has 0 aromatic carbocycles. The van der Waals surface area contributed by atoms with Gasteiger partial charge in [0.1, 0.15) is 23.6 Å². The Bertz CT molecular complexity index is 1010. The monoisotopic (exact) mass is 713 g/mol. The zero-order valence-corrected chi connectivity index (χ0v) is 29.4. The third-order valence-corrected chi connectivity index (χ3v) is 8.03. The van der Waals surface area contributed by atoms with Crippen molar-refractivity contribution in [1.82, 2.24) is 26.6 Å². The second-order valence-electron chi connectivity index (χ2n) is 11.9. The smallest absolute Gasteiger partial charge is 0.407 e. The lowest BCUT2D eigenvalue weighted by Gasteiger charge is -2.30. The summed E-state index contributed by atoms with van der Waals surface area (Å²) in [7, 11) is 2.75. The first-order chi connectivity index (χ1) is 22.3. The van der Waals surface area contributed by atoms with Gasteiger partial charge in [-0.3, -0.25) is 24.5 Å². The van der Waals surface area contributed by atoms with Gasteiger partial charge >= 0.3 is 6.09 Å². The lowest BCUT2D eigenvalue weighted by Crippen LogP contribution is -2.55. The molecule has 0 aromatic rings. The van der Waals surface area contributed by atoms with E-state index in [0.29, 0.717) is 19.4 Å². The predicted molar refractivity (Wildman–Crippen MR) is 174 cm³/mol. The molecule has 0 fully saturated rings. The van der Waals surface area contributed by atoms with E-state index in [-0.39, 0.29) is 50.1 Å². The van der Waals surface area contributed by atoms with Gasteiger partial charge in [-0.25, -0.2) is 4.79 Å². The molecule has 11 N–H and O–H groups in total. The van der Waals surface area contributed by atoms with Crippen LogP contribution in [0.4, 0.5) is 4.79 Å². The topological polar surface area (TPSA) is 298 Å². The Balaban J connectivity index is 4.62. The zero-order valence-electron chi connectivity index (χ0n) is 28.6. The van der Waals surface area contributed by atoms with Crippen LogP contribution < -0.4 is 38.1 Å². The van der Waals surface area contributed by atoms with Crippen molar-refractivity contribution < 1.29 is 57.7 Å². The summed E-state index contributed by atoms with van der Waals surface area (Å²) < 4.78 is 34.5. The van der Waals surface area contributed by atoms with Gasteiger partial charge < -0.3 is 66.4 Å².